The molecule has 1 atom stereocenters. The first kappa shape index (κ1) is 23.8. The van der Waals surface area contributed by atoms with Gasteiger partial charge < -0.3 is 24.3 Å². The number of anilines is 1. The number of benzene rings is 2. The highest BCUT2D eigenvalue weighted by molar-refractivity contribution is 7.92. The molecule has 0 fully saturated rings. The summed E-state index contributed by atoms with van der Waals surface area (Å²) in [6.07, 6.45) is 1.01. The van der Waals surface area contributed by atoms with Crippen molar-refractivity contribution in [2.45, 2.75) is 13.0 Å². The number of carbonyl (C=O) groups excluding carboxylic acids is 1. The number of halogens is 1. The van der Waals surface area contributed by atoms with Crippen molar-refractivity contribution in [1.29, 1.82) is 0 Å². The second kappa shape index (κ2) is 9.74. The summed E-state index contributed by atoms with van der Waals surface area (Å²) >= 11 is 6.12. The number of rotatable bonds is 8. The molecule has 0 spiro atoms. The second-order valence-corrected chi connectivity index (χ2v) is 9.43. The summed E-state index contributed by atoms with van der Waals surface area (Å²) in [6.45, 7) is 2.26. The Morgan fingerprint density at radius 1 is 1.12 bits per heavy atom. The lowest BCUT2D eigenvalue weighted by atomic mass is 10.1. The van der Waals surface area contributed by atoms with E-state index in [0.29, 0.717) is 24.7 Å². The summed E-state index contributed by atoms with van der Waals surface area (Å²) in [5.41, 5.74) is 0.928. The molecular formula is C21H25ClN2O7S. The fourth-order valence-corrected chi connectivity index (χ4v) is 4.33. The van der Waals surface area contributed by atoms with E-state index in [-0.39, 0.29) is 22.2 Å². The van der Waals surface area contributed by atoms with Gasteiger partial charge in [0.15, 0.2) is 11.5 Å². The minimum absolute atomic E-state index is 0.137. The molecule has 9 nitrogen and oxygen atoms in total. The van der Waals surface area contributed by atoms with Crippen LogP contribution in [-0.4, -0.2) is 54.6 Å². The normalized spacial score (nSPS) is 13.8. The van der Waals surface area contributed by atoms with E-state index in [2.05, 4.69) is 5.32 Å². The second-order valence-electron chi connectivity index (χ2n) is 7.12. The van der Waals surface area contributed by atoms with Gasteiger partial charge >= 0.3 is 0 Å². The van der Waals surface area contributed by atoms with Gasteiger partial charge in [-0.3, -0.25) is 9.10 Å². The Kier molecular flexibility index (Phi) is 7.25. The average molecular weight is 485 g/mol. The van der Waals surface area contributed by atoms with Gasteiger partial charge in [-0.15, -0.1) is 0 Å². The lowest BCUT2D eigenvalue weighted by Gasteiger charge is -2.26. The average Bonchev–Trinajstić information content (AvgIpc) is 2.76. The van der Waals surface area contributed by atoms with E-state index in [4.69, 9.17) is 30.5 Å². The number of carbonyl (C=O) groups is 1. The van der Waals surface area contributed by atoms with Gasteiger partial charge in [-0.25, -0.2) is 8.42 Å². The summed E-state index contributed by atoms with van der Waals surface area (Å²) in [7, 11) is -1.05. The van der Waals surface area contributed by atoms with Gasteiger partial charge in [0.2, 0.25) is 15.9 Å². The zero-order valence-corrected chi connectivity index (χ0v) is 19.7. The van der Waals surface area contributed by atoms with Gasteiger partial charge in [-0.05, 0) is 24.6 Å². The molecule has 1 N–H and O–H groups in total. The topological polar surface area (TPSA) is 103 Å². The summed E-state index contributed by atoms with van der Waals surface area (Å²) < 4.78 is 47.5. The Bertz CT molecular complexity index is 1110. The molecule has 1 aliphatic rings. The minimum Gasteiger partial charge on any atom is -0.495 e. The molecule has 11 heteroatoms. The predicted octanol–water partition coefficient (Wildman–Crippen LogP) is 2.77. The molecule has 1 aliphatic heterocycles. The first-order chi connectivity index (χ1) is 15.1. The maximum Gasteiger partial charge on any atom is 0.241 e. The summed E-state index contributed by atoms with van der Waals surface area (Å²) in [6, 6.07) is 7.84. The van der Waals surface area contributed by atoms with Crippen LogP contribution in [0.15, 0.2) is 30.3 Å². The molecule has 1 heterocycles. The van der Waals surface area contributed by atoms with Crippen LogP contribution in [-0.2, 0) is 14.8 Å². The van der Waals surface area contributed by atoms with E-state index in [9.17, 15) is 13.2 Å². The fourth-order valence-electron chi connectivity index (χ4n) is 3.25. The highest BCUT2D eigenvalue weighted by Gasteiger charge is 2.26. The van der Waals surface area contributed by atoms with Crippen molar-refractivity contribution in [3.63, 3.8) is 0 Å². The Hall–Kier alpha value is -2.85. The van der Waals surface area contributed by atoms with Crippen LogP contribution in [0.2, 0.25) is 5.02 Å². The lowest BCUT2D eigenvalue weighted by molar-refractivity contribution is -0.120. The van der Waals surface area contributed by atoms with E-state index in [1.54, 1.807) is 19.1 Å². The van der Waals surface area contributed by atoms with Crippen LogP contribution in [0.3, 0.4) is 0 Å². The third-order valence-corrected chi connectivity index (χ3v) is 6.28. The number of amides is 1. The molecule has 0 saturated heterocycles. The molecule has 2 aromatic carbocycles. The van der Waals surface area contributed by atoms with Crippen LogP contribution in [0, 0.1) is 0 Å². The molecule has 32 heavy (non-hydrogen) atoms. The number of sulfonamides is 1. The molecule has 0 aliphatic carbocycles. The number of fused-ring (bicyclic) bond motifs is 1. The van der Waals surface area contributed by atoms with Gasteiger partial charge in [-0.2, -0.15) is 0 Å². The molecule has 3 rings (SSSR count). The smallest absolute Gasteiger partial charge is 0.241 e. The summed E-state index contributed by atoms with van der Waals surface area (Å²) in [5.74, 6) is 1.18. The van der Waals surface area contributed by atoms with E-state index >= 15 is 0 Å². The van der Waals surface area contributed by atoms with Crippen molar-refractivity contribution >= 4 is 33.2 Å². The SMILES string of the molecule is COc1cc(N(CC(=O)NC(C)c2ccc3c(c2)OCCO3)S(C)(=O)=O)c(OC)cc1Cl. The van der Waals surface area contributed by atoms with Crippen LogP contribution in [0.1, 0.15) is 18.5 Å². The maximum absolute atomic E-state index is 12.8. The summed E-state index contributed by atoms with van der Waals surface area (Å²) in [4.78, 5) is 12.8. The van der Waals surface area contributed by atoms with Gasteiger partial charge in [0.25, 0.3) is 0 Å². The minimum atomic E-state index is -3.84. The van der Waals surface area contributed by atoms with Crippen molar-refractivity contribution in [3.05, 3.63) is 40.9 Å². The van der Waals surface area contributed by atoms with E-state index in [1.807, 2.05) is 6.07 Å². The van der Waals surface area contributed by atoms with Gasteiger partial charge in [-0.1, -0.05) is 17.7 Å². The third-order valence-electron chi connectivity index (χ3n) is 4.85. The van der Waals surface area contributed by atoms with Gasteiger partial charge in [0.1, 0.15) is 31.3 Å². The van der Waals surface area contributed by atoms with E-state index in [1.165, 1.54) is 26.4 Å². The molecule has 1 amide bonds. The molecule has 0 saturated carbocycles. The van der Waals surface area contributed by atoms with Gasteiger partial charge in [0, 0.05) is 12.1 Å². The first-order valence-electron chi connectivity index (χ1n) is 9.72. The van der Waals surface area contributed by atoms with Crippen LogP contribution < -0.4 is 28.6 Å². The Morgan fingerprint density at radius 3 is 2.41 bits per heavy atom. The third kappa shape index (κ3) is 5.31. The van der Waals surface area contributed by atoms with Crippen molar-refractivity contribution in [2.24, 2.45) is 0 Å². The monoisotopic (exact) mass is 484 g/mol. The molecule has 1 unspecified atom stereocenters. The quantitative estimate of drug-likeness (QED) is 0.614. The van der Waals surface area contributed by atoms with E-state index in [0.717, 1.165) is 16.1 Å². The standard InChI is InChI=1S/C21H25ClN2O7S/c1-13(14-5-6-17-20(9-14)31-8-7-30-17)23-21(25)12-24(32(4,26)27)16-11-18(28-2)15(22)10-19(16)29-3/h5-6,9-11,13H,7-8,12H2,1-4H3,(H,23,25). The fraction of sp³-hybridized carbons (Fsp3) is 0.381. The largest absolute Gasteiger partial charge is 0.495 e. The molecular weight excluding hydrogens is 460 g/mol. The van der Waals surface area contributed by atoms with Gasteiger partial charge in [0.05, 0.1) is 37.2 Å². The van der Waals surface area contributed by atoms with Crippen molar-refractivity contribution < 1.29 is 32.2 Å². The number of methoxy groups -OCH3 is 2. The zero-order chi connectivity index (χ0) is 23.5. The van der Waals surface area contributed by atoms with Crippen LogP contribution >= 0.6 is 11.6 Å². The molecule has 2 aromatic rings. The van der Waals surface area contributed by atoms with E-state index < -0.39 is 28.5 Å². The Morgan fingerprint density at radius 2 is 1.78 bits per heavy atom. The highest BCUT2D eigenvalue weighted by Crippen LogP contribution is 2.39. The van der Waals surface area contributed by atoms with Crippen molar-refractivity contribution in [2.75, 3.05) is 44.5 Å². The van der Waals surface area contributed by atoms with Crippen molar-refractivity contribution in [3.8, 4) is 23.0 Å². The predicted molar refractivity (Wildman–Crippen MR) is 121 cm³/mol. The maximum atomic E-state index is 12.8. The number of ether oxygens (including phenoxy) is 4. The number of hydrogen-bond donors (Lipinski definition) is 1. The van der Waals surface area contributed by atoms with Crippen molar-refractivity contribution in [1.82, 2.24) is 5.32 Å². The Labute approximate surface area is 192 Å². The first-order valence-corrected chi connectivity index (χ1v) is 11.9. The lowest BCUT2D eigenvalue weighted by Crippen LogP contribution is -2.41. The molecule has 174 valence electrons. The van der Waals surface area contributed by atoms with Crippen LogP contribution in [0.4, 0.5) is 5.69 Å². The van der Waals surface area contributed by atoms with Crippen LogP contribution in [0.25, 0.3) is 0 Å². The van der Waals surface area contributed by atoms with Crippen LogP contribution in [0.5, 0.6) is 23.0 Å². The zero-order valence-electron chi connectivity index (χ0n) is 18.2. The Balaban J connectivity index is 1.82. The molecule has 0 bridgehead atoms. The summed E-state index contributed by atoms with van der Waals surface area (Å²) in [5, 5.41) is 3.06. The number of nitrogens with zero attached hydrogens (tertiary/aromatic N) is 1. The molecule has 0 radical (unpaired) electrons. The molecule has 0 aromatic heterocycles. The highest BCUT2D eigenvalue weighted by atomic mass is 35.5. The number of nitrogens with one attached hydrogen (secondary N) is 1. The number of hydrogen-bond acceptors (Lipinski definition) is 7.